The fraction of sp³-hybridized carbons (Fsp3) is 0.526. The van der Waals surface area contributed by atoms with Gasteiger partial charge in [0.15, 0.2) is 0 Å². The van der Waals surface area contributed by atoms with Gasteiger partial charge in [-0.2, -0.15) is 0 Å². The minimum Gasteiger partial charge on any atom is -0.491 e. The molecule has 3 aromatic carbocycles. The van der Waals surface area contributed by atoms with E-state index in [1.54, 1.807) is 0 Å². The van der Waals surface area contributed by atoms with Crippen molar-refractivity contribution in [3.05, 3.63) is 94.8 Å². The molecule has 0 spiro atoms. The summed E-state index contributed by atoms with van der Waals surface area (Å²) in [6.45, 7) is 9.60. The van der Waals surface area contributed by atoms with Gasteiger partial charge in [-0.05, 0) is 117 Å². The van der Waals surface area contributed by atoms with E-state index in [1.807, 2.05) is 74.5 Å². The minimum absolute atomic E-state index is 0.176. The van der Waals surface area contributed by atoms with Gasteiger partial charge in [-0.25, -0.2) is 4.39 Å². The molecular weight excluding hydrogens is 619 g/mol. The highest BCUT2D eigenvalue weighted by molar-refractivity contribution is 6.30. The number of piperidine rings is 1. The monoisotopic (exact) mass is 670 g/mol. The van der Waals surface area contributed by atoms with E-state index in [2.05, 4.69) is 10.2 Å². The highest BCUT2D eigenvalue weighted by atomic mass is 35.5. The number of ether oxygens (including phenoxy) is 3. The van der Waals surface area contributed by atoms with Crippen molar-refractivity contribution in [3.63, 3.8) is 0 Å². The molecule has 7 nitrogen and oxygen atoms in total. The summed E-state index contributed by atoms with van der Waals surface area (Å²) in [5.41, 5.74) is 2.11. The number of aliphatic hydroxyl groups is 2. The third-order valence-electron chi connectivity index (χ3n) is 8.41. The van der Waals surface area contributed by atoms with Gasteiger partial charge in [-0.15, -0.1) is 0 Å². The van der Waals surface area contributed by atoms with E-state index in [0.29, 0.717) is 43.3 Å². The van der Waals surface area contributed by atoms with Crippen LogP contribution in [-0.4, -0.2) is 79.9 Å². The van der Waals surface area contributed by atoms with Gasteiger partial charge in [0.1, 0.15) is 36.6 Å². The van der Waals surface area contributed by atoms with Crippen molar-refractivity contribution >= 4 is 11.6 Å². The fourth-order valence-corrected chi connectivity index (χ4v) is 5.50. The molecule has 9 heteroatoms. The zero-order valence-corrected chi connectivity index (χ0v) is 28.6. The van der Waals surface area contributed by atoms with Crippen LogP contribution in [-0.2, 0) is 11.2 Å². The molecule has 47 heavy (non-hydrogen) atoms. The zero-order valence-electron chi connectivity index (χ0n) is 27.8. The van der Waals surface area contributed by atoms with E-state index in [0.717, 1.165) is 61.9 Å². The molecule has 1 aliphatic carbocycles. The lowest BCUT2D eigenvalue weighted by Gasteiger charge is -2.33. The molecule has 1 saturated heterocycles. The number of hydrogen-bond donors (Lipinski definition) is 3. The van der Waals surface area contributed by atoms with Crippen LogP contribution in [0.15, 0.2) is 72.8 Å². The third-order valence-corrected chi connectivity index (χ3v) is 8.66. The Labute approximate surface area is 285 Å². The van der Waals surface area contributed by atoms with Gasteiger partial charge in [0.05, 0.1) is 12.7 Å². The summed E-state index contributed by atoms with van der Waals surface area (Å²) in [4.78, 5) is 2.32. The van der Waals surface area contributed by atoms with E-state index in [1.165, 1.54) is 30.5 Å². The zero-order chi connectivity index (χ0) is 33.4. The van der Waals surface area contributed by atoms with Crippen LogP contribution in [0.5, 0.6) is 11.5 Å². The van der Waals surface area contributed by atoms with Crippen LogP contribution in [0, 0.1) is 17.7 Å². The lowest BCUT2D eigenvalue weighted by atomic mass is 9.90. The van der Waals surface area contributed by atoms with Crippen molar-refractivity contribution in [3.8, 4) is 11.5 Å². The molecule has 1 heterocycles. The van der Waals surface area contributed by atoms with Crippen LogP contribution < -0.4 is 14.8 Å². The third kappa shape index (κ3) is 14.9. The molecule has 1 aliphatic heterocycles. The van der Waals surface area contributed by atoms with Gasteiger partial charge in [-0.1, -0.05) is 49.7 Å². The summed E-state index contributed by atoms with van der Waals surface area (Å²) in [5, 5.41) is 24.0. The number of β-amino-alcohol motifs (C(OH)–C–C–N with tert-alkyl or cyclic N) is 1. The molecule has 2 aliphatic rings. The van der Waals surface area contributed by atoms with E-state index >= 15 is 0 Å². The van der Waals surface area contributed by atoms with Crippen LogP contribution >= 0.6 is 11.6 Å². The molecule has 258 valence electrons. The second-order valence-electron chi connectivity index (χ2n) is 13.0. The Balaban J connectivity index is 0.000000213. The lowest BCUT2D eigenvalue weighted by Crippen LogP contribution is -2.37. The molecule has 0 radical (unpaired) electrons. The summed E-state index contributed by atoms with van der Waals surface area (Å²) < 4.78 is 29.7. The van der Waals surface area contributed by atoms with E-state index in [-0.39, 0.29) is 12.4 Å². The van der Waals surface area contributed by atoms with Crippen molar-refractivity contribution in [1.82, 2.24) is 10.2 Å². The second kappa shape index (κ2) is 19.9. The summed E-state index contributed by atoms with van der Waals surface area (Å²) in [5.74, 6) is 2.78. The maximum atomic E-state index is 13.0. The van der Waals surface area contributed by atoms with E-state index in [9.17, 15) is 14.6 Å². The maximum absolute atomic E-state index is 13.0. The normalized spacial score (nSPS) is 16.7. The smallest absolute Gasteiger partial charge is 0.123 e. The summed E-state index contributed by atoms with van der Waals surface area (Å²) >= 11 is 5.89. The standard InChI is InChI=1S/C20H23ClFNO.C18H29NO4/c21-18-5-3-17(4-6-18)20(24)14-23-11-9-16(10-12-23)13-15-1-7-19(22)8-2-15;1-14(2)19-11-16(20)13-23-18-7-5-17(6-8-18)22-10-9-21-12-15-3-4-15/h1-8,16,20,24H,9-14H2;5-8,14-16,19-20H,3-4,9-13H2,1-2H3. The molecule has 1 saturated carbocycles. The van der Waals surface area contributed by atoms with E-state index in [4.69, 9.17) is 25.8 Å². The number of nitrogens with zero attached hydrogens (tertiary/aromatic N) is 1. The first kappa shape index (κ1) is 37.1. The van der Waals surface area contributed by atoms with Crippen molar-refractivity contribution in [2.24, 2.45) is 11.8 Å². The van der Waals surface area contributed by atoms with Crippen LogP contribution in [0.2, 0.25) is 5.02 Å². The number of nitrogens with one attached hydrogen (secondary N) is 1. The van der Waals surface area contributed by atoms with E-state index < -0.39 is 12.2 Å². The summed E-state index contributed by atoms with van der Waals surface area (Å²) in [6.07, 6.45) is 4.87. The Bertz CT molecular complexity index is 1270. The Kier molecular flexibility index (Phi) is 15.7. The average molecular weight is 671 g/mol. The molecule has 2 unspecified atom stereocenters. The van der Waals surface area contributed by atoms with Gasteiger partial charge in [0.2, 0.25) is 0 Å². The Hall–Kier alpha value is -2.72. The van der Waals surface area contributed by atoms with Crippen LogP contribution in [0.25, 0.3) is 0 Å². The van der Waals surface area contributed by atoms with Crippen molar-refractivity contribution in [1.29, 1.82) is 0 Å². The fourth-order valence-electron chi connectivity index (χ4n) is 5.37. The van der Waals surface area contributed by atoms with Crippen molar-refractivity contribution < 1.29 is 28.8 Å². The SMILES string of the molecule is CC(C)NCC(O)COc1ccc(OCCOCC2CC2)cc1.OC(CN1CCC(Cc2ccc(F)cc2)CC1)c1ccc(Cl)cc1. The number of hydrogen-bond acceptors (Lipinski definition) is 7. The molecule has 3 aromatic rings. The van der Waals surface area contributed by atoms with Crippen molar-refractivity contribution in [2.75, 3.05) is 52.6 Å². The van der Waals surface area contributed by atoms with Gasteiger partial charge in [0, 0.05) is 30.8 Å². The maximum Gasteiger partial charge on any atom is 0.123 e. The predicted octanol–water partition coefficient (Wildman–Crippen LogP) is 6.70. The highest BCUT2D eigenvalue weighted by Crippen LogP contribution is 2.29. The topological polar surface area (TPSA) is 83.4 Å². The molecule has 2 atom stereocenters. The number of likely N-dealkylation sites (tertiary alicyclic amines) is 1. The molecule has 3 N–H and O–H groups in total. The Morgan fingerprint density at radius 1 is 0.830 bits per heavy atom. The number of halogens is 2. The Morgan fingerprint density at radius 2 is 1.47 bits per heavy atom. The molecular formula is C38H52ClFN2O5. The first-order valence-electron chi connectivity index (χ1n) is 17.0. The second-order valence-corrected chi connectivity index (χ2v) is 13.4. The number of benzene rings is 3. The van der Waals surface area contributed by atoms with Gasteiger partial charge < -0.3 is 34.6 Å². The highest BCUT2D eigenvalue weighted by Gasteiger charge is 2.22. The first-order chi connectivity index (χ1) is 22.7. The van der Waals surface area contributed by atoms with Crippen LogP contribution in [0.1, 0.15) is 56.8 Å². The molecule has 0 amide bonds. The van der Waals surface area contributed by atoms with Gasteiger partial charge >= 0.3 is 0 Å². The largest absolute Gasteiger partial charge is 0.491 e. The Morgan fingerprint density at radius 3 is 2.09 bits per heavy atom. The van der Waals surface area contributed by atoms with Crippen LogP contribution in [0.4, 0.5) is 4.39 Å². The minimum atomic E-state index is -0.517. The summed E-state index contributed by atoms with van der Waals surface area (Å²) in [7, 11) is 0. The molecule has 5 rings (SSSR count). The van der Waals surface area contributed by atoms with Gasteiger partial charge in [0.25, 0.3) is 0 Å². The lowest BCUT2D eigenvalue weighted by molar-refractivity contribution is 0.0893. The number of aliphatic hydroxyl groups excluding tert-OH is 2. The molecule has 2 fully saturated rings. The first-order valence-corrected chi connectivity index (χ1v) is 17.4. The number of rotatable bonds is 17. The predicted molar refractivity (Wildman–Crippen MR) is 186 cm³/mol. The molecule has 0 aromatic heterocycles. The van der Waals surface area contributed by atoms with Crippen molar-refractivity contribution in [2.45, 2.75) is 64.2 Å². The van der Waals surface area contributed by atoms with Gasteiger partial charge in [-0.3, -0.25) is 0 Å². The molecule has 0 bridgehead atoms. The quantitative estimate of drug-likeness (QED) is 0.138. The summed E-state index contributed by atoms with van der Waals surface area (Å²) in [6, 6.07) is 22.0. The average Bonchev–Trinajstić information content (AvgIpc) is 3.90. The van der Waals surface area contributed by atoms with Crippen LogP contribution in [0.3, 0.4) is 0 Å².